The van der Waals surface area contributed by atoms with Crippen molar-refractivity contribution < 1.29 is 22.6 Å². The Morgan fingerprint density at radius 1 is 1.24 bits per heavy atom. The fourth-order valence-corrected chi connectivity index (χ4v) is 4.24. The molecule has 1 unspecified atom stereocenters. The van der Waals surface area contributed by atoms with Gasteiger partial charge in [-0.25, -0.2) is 13.1 Å². The molecule has 2 heterocycles. The monoisotopic (exact) mass is 392 g/mol. The van der Waals surface area contributed by atoms with Crippen LogP contribution in [0.3, 0.4) is 0 Å². The third-order valence-corrected chi connectivity index (χ3v) is 5.78. The van der Waals surface area contributed by atoms with E-state index in [1.807, 2.05) is 0 Å². The molecule has 0 bridgehead atoms. The Morgan fingerprint density at radius 3 is 2.68 bits per heavy atom. The number of hydrogen-bond donors (Lipinski definition) is 2. The van der Waals surface area contributed by atoms with Gasteiger partial charge >= 0.3 is 0 Å². The van der Waals surface area contributed by atoms with Crippen LogP contribution in [0.4, 0.5) is 0 Å². The van der Waals surface area contributed by atoms with E-state index < -0.39 is 10.0 Å². The molecule has 1 aromatic rings. The van der Waals surface area contributed by atoms with Crippen molar-refractivity contribution in [1.29, 1.82) is 0 Å². The lowest BCUT2D eigenvalue weighted by Crippen LogP contribution is -2.52. The van der Waals surface area contributed by atoms with Gasteiger partial charge in [-0.05, 0) is 31.5 Å². The van der Waals surface area contributed by atoms with E-state index in [2.05, 4.69) is 10.0 Å². The van der Waals surface area contributed by atoms with Crippen LogP contribution in [0.2, 0.25) is 0 Å². The minimum Gasteiger partial charge on any atom is -0.490 e. The van der Waals surface area contributed by atoms with Crippen LogP contribution in [-0.4, -0.2) is 54.0 Å². The second kappa shape index (κ2) is 8.55. The van der Waals surface area contributed by atoms with Crippen LogP contribution in [-0.2, 0) is 14.8 Å². The molecule has 0 aromatic heterocycles. The summed E-state index contributed by atoms with van der Waals surface area (Å²) in [6.45, 7) is 2.72. The van der Waals surface area contributed by atoms with Gasteiger partial charge in [0.05, 0.1) is 30.3 Å². The Labute approximate surface area is 154 Å². The lowest BCUT2D eigenvalue weighted by molar-refractivity contribution is 0.122. The van der Waals surface area contributed by atoms with Gasteiger partial charge in [-0.15, -0.1) is 12.4 Å². The van der Waals surface area contributed by atoms with Crippen molar-refractivity contribution in [1.82, 2.24) is 10.0 Å². The van der Waals surface area contributed by atoms with E-state index >= 15 is 0 Å². The fraction of sp³-hybridized carbons (Fsp3) is 0.625. The number of nitrogens with one attached hydrogen (secondary N) is 2. The number of rotatable bonds is 6. The van der Waals surface area contributed by atoms with Crippen LogP contribution in [0.25, 0.3) is 0 Å². The Balaban J connectivity index is 0.00000225. The molecule has 1 aromatic carbocycles. The Morgan fingerprint density at radius 2 is 2.00 bits per heavy atom. The standard InChI is InChI=1S/C16H24N2O5S.ClH/c1-21-12-16(6-2-7-17-16)11-18-24(19,20)13-4-5-14-15(10-13)23-9-3-8-22-14;/h4-5,10,17-18H,2-3,6-9,11-12H2,1H3;1H. The number of fused-ring (bicyclic) bond motifs is 1. The molecule has 0 radical (unpaired) electrons. The quantitative estimate of drug-likeness (QED) is 0.759. The van der Waals surface area contributed by atoms with Crippen molar-refractivity contribution in [3.8, 4) is 11.5 Å². The maximum Gasteiger partial charge on any atom is 0.240 e. The molecule has 142 valence electrons. The zero-order valence-electron chi connectivity index (χ0n) is 14.2. The summed E-state index contributed by atoms with van der Waals surface area (Å²) in [5, 5.41) is 3.36. The van der Waals surface area contributed by atoms with Gasteiger partial charge in [-0.1, -0.05) is 0 Å². The van der Waals surface area contributed by atoms with E-state index in [0.717, 1.165) is 25.8 Å². The van der Waals surface area contributed by atoms with Gasteiger partial charge in [-0.3, -0.25) is 0 Å². The third-order valence-electron chi connectivity index (χ3n) is 4.38. The second-order valence-corrected chi connectivity index (χ2v) is 7.99. The van der Waals surface area contributed by atoms with Crippen molar-refractivity contribution in [2.75, 3.05) is 40.0 Å². The molecule has 1 saturated heterocycles. The summed E-state index contributed by atoms with van der Waals surface area (Å²) >= 11 is 0. The largest absolute Gasteiger partial charge is 0.490 e. The summed E-state index contributed by atoms with van der Waals surface area (Å²) in [4.78, 5) is 0.178. The van der Waals surface area contributed by atoms with Crippen molar-refractivity contribution in [3.63, 3.8) is 0 Å². The van der Waals surface area contributed by atoms with Crippen LogP contribution in [0.15, 0.2) is 23.1 Å². The van der Waals surface area contributed by atoms with Gasteiger partial charge in [0, 0.05) is 26.1 Å². The summed E-state index contributed by atoms with van der Waals surface area (Å²) in [5.74, 6) is 1.06. The van der Waals surface area contributed by atoms with E-state index in [0.29, 0.717) is 31.3 Å². The summed E-state index contributed by atoms with van der Waals surface area (Å²) in [6.07, 6.45) is 2.67. The van der Waals surface area contributed by atoms with Crippen LogP contribution in [0.1, 0.15) is 19.3 Å². The predicted molar refractivity (Wildman–Crippen MR) is 96.3 cm³/mol. The van der Waals surface area contributed by atoms with Crippen molar-refractivity contribution in [2.24, 2.45) is 0 Å². The first kappa shape index (κ1) is 20.3. The Kier molecular flexibility index (Phi) is 6.93. The van der Waals surface area contributed by atoms with Crippen molar-refractivity contribution in [3.05, 3.63) is 18.2 Å². The number of hydrogen-bond acceptors (Lipinski definition) is 6. The number of ether oxygens (including phenoxy) is 3. The molecule has 2 aliphatic rings. The van der Waals surface area contributed by atoms with Gasteiger partial charge < -0.3 is 19.5 Å². The first-order valence-electron chi connectivity index (χ1n) is 8.18. The zero-order valence-corrected chi connectivity index (χ0v) is 15.9. The average Bonchev–Trinajstić information content (AvgIpc) is 2.90. The first-order valence-corrected chi connectivity index (χ1v) is 9.66. The van der Waals surface area contributed by atoms with E-state index in [9.17, 15) is 8.42 Å². The maximum atomic E-state index is 12.6. The van der Waals surface area contributed by atoms with Crippen LogP contribution in [0.5, 0.6) is 11.5 Å². The summed E-state index contributed by atoms with van der Waals surface area (Å²) in [7, 11) is -2.01. The van der Waals surface area contributed by atoms with Gasteiger partial charge in [-0.2, -0.15) is 0 Å². The number of benzene rings is 1. The molecule has 1 atom stereocenters. The molecule has 2 N–H and O–H groups in total. The highest BCUT2D eigenvalue weighted by atomic mass is 35.5. The lowest BCUT2D eigenvalue weighted by atomic mass is 9.99. The molecule has 2 aliphatic heterocycles. The molecule has 25 heavy (non-hydrogen) atoms. The normalized spacial score (nSPS) is 22.9. The SMILES string of the molecule is COCC1(CNS(=O)(=O)c2ccc3c(c2)OCCCO3)CCCN1.Cl. The maximum absolute atomic E-state index is 12.6. The topological polar surface area (TPSA) is 85.9 Å². The summed E-state index contributed by atoms with van der Waals surface area (Å²) < 4.78 is 44.3. The van der Waals surface area contributed by atoms with E-state index in [4.69, 9.17) is 14.2 Å². The van der Waals surface area contributed by atoms with Crippen LogP contribution < -0.4 is 19.5 Å². The first-order chi connectivity index (χ1) is 11.5. The fourth-order valence-electron chi connectivity index (χ4n) is 3.10. The van der Waals surface area contributed by atoms with Crippen molar-refractivity contribution >= 4 is 22.4 Å². The van der Waals surface area contributed by atoms with E-state index in [1.165, 1.54) is 6.07 Å². The highest BCUT2D eigenvalue weighted by Crippen LogP contribution is 2.32. The van der Waals surface area contributed by atoms with E-state index in [1.54, 1.807) is 19.2 Å². The molecular weight excluding hydrogens is 368 g/mol. The summed E-state index contributed by atoms with van der Waals surface area (Å²) in [5.41, 5.74) is -0.340. The van der Waals surface area contributed by atoms with Gasteiger partial charge in [0.2, 0.25) is 10.0 Å². The van der Waals surface area contributed by atoms with E-state index in [-0.39, 0.29) is 29.4 Å². The molecule has 0 aliphatic carbocycles. The molecule has 1 fully saturated rings. The van der Waals surface area contributed by atoms with Gasteiger partial charge in [0.15, 0.2) is 11.5 Å². The minimum absolute atomic E-state index is 0. The number of halogens is 1. The molecule has 0 saturated carbocycles. The molecule has 0 amide bonds. The average molecular weight is 393 g/mol. The highest BCUT2D eigenvalue weighted by molar-refractivity contribution is 7.89. The third kappa shape index (κ3) is 4.77. The minimum atomic E-state index is -3.63. The molecular formula is C16H25ClN2O5S. The van der Waals surface area contributed by atoms with Crippen LogP contribution in [0, 0.1) is 0 Å². The molecule has 0 spiro atoms. The Bertz CT molecular complexity index is 677. The molecule has 3 rings (SSSR count). The second-order valence-electron chi connectivity index (χ2n) is 6.23. The predicted octanol–water partition coefficient (Wildman–Crippen LogP) is 1.32. The van der Waals surface area contributed by atoms with Crippen molar-refractivity contribution in [2.45, 2.75) is 29.7 Å². The van der Waals surface area contributed by atoms with Crippen LogP contribution >= 0.6 is 12.4 Å². The lowest BCUT2D eigenvalue weighted by Gasteiger charge is -2.28. The Hall–Kier alpha value is -1.06. The zero-order chi connectivity index (χ0) is 17.0. The molecule has 9 heteroatoms. The van der Waals surface area contributed by atoms with Gasteiger partial charge in [0.1, 0.15) is 0 Å². The number of methoxy groups -OCH3 is 1. The highest BCUT2D eigenvalue weighted by Gasteiger charge is 2.35. The number of sulfonamides is 1. The summed E-state index contributed by atoms with van der Waals surface area (Å²) in [6, 6.07) is 4.71. The smallest absolute Gasteiger partial charge is 0.240 e. The molecule has 7 nitrogen and oxygen atoms in total. The van der Waals surface area contributed by atoms with Gasteiger partial charge in [0.25, 0.3) is 0 Å².